The van der Waals surface area contributed by atoms with Gasteiger partial charge >= 0.3 is 0 Å². The van der Waals surface area contributed by atoms with Crippen molar-refractivity contribution in [3.05, 3.63) is 11.4 Å². The fourth-order valence-electron chi connectivity index (χ4n) is 5.58. The van der Waals surface area contributed by atoms with Gasteiger partial charge in [0, 0.05) is 19.3 Å². The van der Waals surface area contributed by atoms with Crippen molar-refractivity contribution in [3.63, 3.8) is 0 Å². The van der Waals surface area contributed by atoms with Crippen LogP contribution >= 0.6 is 0 Å². The number of hydrogen-bond acceptors (Lipinski definition) is 0. The predicted octanol–water partition coefficient (Wildman–Crippen LogP) is 4.39. The van der Waals surface area contributed by atoms with E-state index < -0.39 is 0 Å². The van der Waals surface area contributed by atoms with Crippen molar-refractivity contribution < 1.29 is 0 Å². The zero-order chi connectivity index (χ0) is 12.4. The Morgan fingerprint density at radius 1 is 1.18 bits per heavy atom. The second-order valence-corrected chi connectivity index (χ2v) is 7.85. The molecule has 6 atom stereocenters. The van der Waals surface area contributed by atoms with Gasteiger partial charge < -0.3 is 4.85 Å². The normalized spacial score (nSPS) is 56.2. The molecule has 1 nitrogen and oxygen atoms in total. The molecular weight excluding hydrogens is 206 g/mol. The second kappa shape index (κ2) is 3.28. The number of rotatable bonds is 1. The SMILES string of the molecule is [C-]#[N+]C1(C)C[C@@H]2[C@@H](C(C)C)C[C@@]3(C)CC1C[C@H]23. The summed E-state index contributed by atoms with van der Waals surface area (Å²) in [5, 5.41) is 0. The summed E-state index contributed by atoms with van der Waals surface area (Å²) in [5.41, 5.74) is 0.541. The highest BCUT2D eigenvalue weighted by Crippen LogP contribution is 2.69. The summed E-state index contributed by atoms with van der Waals surface area (Å²) in [4.78, 5) is 4.05. The highest BCUT2D eigenvalue weighted by Gasteiger charge is 2.66. The molecule has 0 aromatic rings. The first kappa shape index (κ1) is 11.6. The molecule has 0 spiro atoms. The quantitative estimate of drug-likeness (QED) is 0.589. The smallest absolute Gasteiger partial charge is 0.233 e. The highest BCUT2D eigenvalue weighted by atomic mass is 14.9. The summed E-state index contributed by atoms with van der Waals surface area (Å²) in [5.74, 6) is 4.16. The van der Waals surface area contributed by atoms with Gasteiger partial charge in [-0.2, -0.15) is 0 Å². The lowest BCUT2D eigenvalue weighted by Gasteiger charge is -2.38. The Morgan fingerprint density at radius 3 is 2.47 bits per heavy atom. The molecule has 94 valence electrons. The Labute approximate surface area is 106 Å². The van der Waals surface area contributed by atoms with Gasteiger partial charge in [-0.1, -0.05) is 20.8 Å². The molecule has 2 unspecified atom stereocenters. The van der Waals surface area contributed by atoms with Gasteiger partial charge in [-0.25, -0.2) is 6.57 Å². The molecule has 3 saturated carbocycles. The summed E-state index contributed by atoms with van der Waals surface area (Å²) in [6.45, 7) is 17.1. The second-order valence-electron chi connectivity index (χ2n) is 7.85. The summed E-state index contributed by atoms with van der Waals surface area (Å²) in [6, 6.07) is 0. The first-order valence-electron chi connectivity index (χ1n) is 7.28. The molecule has 2 bridgehead atoms. The lowest BCUT2D eigenvalue weighted by atomic mass is 9.66. The molecule has 17 heavy (non-hydrogen) atoms. The van der Waals surface area contributed by atoms with Gasteiger partial charge in [-0.3, -0.25) is 0 Å². The van der Waals surface area contributed by atoms with Crippen LogP contribution in [0.5, 0.6) is 0 Å². The maximum absolute atomic E-state index is 7.59. The van der Waals surface area contributed by atoms with Gasteiger partial charge in [0.05, 0.1) is 0 Å². The third-order valence-corrected chi connectivity index (χ3v) is 6.56. The minimum Gasteiger partial charge on any atom is -0.310 e. The Hall–Kier alpha value is -0.510. The molecule has 0 heterocycles. The molecule has 0 aliphatic heterocycles. The van der Waals surface area contributed by atoms with E-state index in [9.17, 15) is 0 Å². The van der Waals surface area contributed by atoms with Crippen LogP contribution < -0.4 is 0 Å². The lowest BCUT2D eigenvalue weighted by molar-refractivity contribution is 0.129. The first-order chi connectivity index (χ1) is 7.89. The van der Waals surface area contributed by atoms with Crippen LogP contribution in [0.25, 0.3) is 4.85 Å². The maximum atomic E-state index is 7.59. The first-order valence-corrected chi connectivity index (χ1v) is 7.28. The van der Waals surface area contributed by atoms with E-state index in [1.54, 1.807) is 0 Å². The summed E-state index contributed by atoms with van der Waals surface area (Å²) < 4.78 is 0. The van der Waals surface area contributed by atoms with Crippen LogP contribution in [0.2, 0.25) is 0 Å². The van der Waals surface area contributed by atoms with E-state index in [4.69, 9.17) is 6.57 Å². The fraction of sp³-hybridized carbons (Fsp3) is 0.938. The van der Waals surface area contributed by atoms with Crippen molar-refractivity contribution in [3.8, 4) is 0 Å². The molecule has 3 rings (SSSR count). The van der Waals surface area contributed by atoms with E-state index in [1.165, 1.54) is 25.7 Å². The van der Waals surface area contributed by atoms with E-state index in [0.29, 0.717) is 11.3 Å². The van der Waals surface area contributed by atoms with Gasteiger partial charge in [-0.05, 0) is 48.3 Å². The van der Waals surface area contributed by atoms with Crippen LogP contribution in [-0.4, -0.2) is 5.54 Å². The molecule has 0 saturated heterocycles. The average molecular weight is 231 g/mol. The summed E-state index contributed by atoms with van der Waals surface area (Å²) in [6.07, 6.45) is 5.30. The minimum absolute atomic E-state index is 0.0352. The van der Waals surface area contributed by atoms with E-state index in [0.717, 1.165) is 23.7 Å². The van der Waals surface area contributed by atoms with Crippen molar-refractivity contribution in [1.82, 2.24) is 0 Å². The predicted molar refractivity (Wildman–Crippen MR) is 70.4 cm³/mol. The van der Waals surface area contributed by atoms with Gasteiger partial charge in [0.2, 0.25) is 5.54 Å². The largest absolute Gasteiger partial charge is 0.310 e. The molecule has 0 radical (unpaired) electrons. The highest BCUT2D eigenvalue weighted by molar-refractivity contribution is 5.18. The summed E-state index contributed by atoms with van der Waals surface area (Å²) >= 11 is 0. The van der Waals surface area contributed by atoms with E-state index in [1.807, 2.05) is 0 Å². The number of hydrogen-bond donors (Lipinski definition) is 0. The standard InChI is InChI=1S/C16H25N/c1-10(2)12-8-15(3)7-11-6-14(15)13(12)9-16(11,4)17-5/h10-14H,6-9H2,1-4H3/t11?,12-,13-,14-,15-,16?/m1/s1. The van der Waals surface area contributed by atoms with Gasteiger partial charge in [0.25, 0.3) is 0 Å². The van der Waals surface area contributed by atoms with Crippen molar-refractivity contribution in [2.24, 2.45) is 35.0 Å². The molecule has 1 heteroatoms. The van der Waals surface area contributed by atoms with E-state index in [2.05, 4.69) is 32.5 Å². The molecule has 3 aliphatic rings. The molecule has 0 amide bonds. The molecule has 0 N–H and O–H groups in total. The van der Waals surface area contributed by atoms with E-state index in [-0.39, 0.29) is 5.54 Å². The van der Waals surface area contributed by atoms with Gasteiger partial charge in [0.1, 0.15) is 0 Å². The zero-order valence-corrected chi connectivity index (χ0v) is 11.7. The molecule has 3 aliphatic carbocycles. The van der Waals surface area contributed by atoms with Crippen molar-refractivity contribution in [1.29, 1.82) is 0 Å². The fourth-order valence-corrected chi connectivity index (χ4v) is 5.58. The third-order valence-electron chi connectivity index (χ3n) is 6.56. The Morgan fingerprint density at radius 2 is 1.88 bits per heavy atom. The summed E-state index contributed by atoms with van der Waals surface area (Å²) in [7, 11) is 0. The lowest BCUT2D eigenvalue weighted by Crippen LogP contribution is -2.40. The molecular formula is C16H25N. The van der Waals surface area contributed by atoms with Crippen molar-refractivity contribution in [2.75, 3.05) is 0 Å². The molecule has 3 fully saturated rings. The van der Waals surface area contributed by atoms with Crippen molar-refractivity contribution in [2.45, 2.75) is 58.9 Å². The van der Waals surface area contributed by atoms with Crippen LogP contribution in [-0.2, 0) is 0 Å². The van der Waals surface area contributed by atoms with Crippen LogP contribution in [0, 0.1) is 41.6 Å². The van der Waals surface area contributed by atoms with Crippen LogP contribution in [0.3, 0.4) is 0 Å². The average Bonchev–Trinajstić information content (AvgIpc) is 2.69. The molecule has 0 aromatic heterocycles. The van der Waals surface area contributed by atoms with Crippen LogP contribution in [0.1, 0.15) is 53.4 Å². The maximum Gasteiger partial charge on any atom is 0.233 e. The van der Waals surface area contributed by atoms with Crippen molar-refractivity contribution >= 4 is 0 Å². The molecule has 0 aromatic carbocycles. The minimum atomic E-state index is -0.0352. The van der Waals surface area contributed by atoms with E-state index >= 15 is 0 Å². The number of nitrogens with zero attached hydrogens (tertiary/aromatic N) is 1. The number of fused-ring (bicyclic) bond motifs is 1. The third kappa shape index (κ3) is 1.36. The van der Waals surface area contributed by atoms with Crippen LogP contribution in [0.15, 0.2) is 0 Å². The van der Waals surface area contributed by atoms with Crippen LogP contribution in [0.4, 0.5) is 0 Å². The zero-order valence-electron chi connectivity index (χ0n) is 11.7. The Balaban J connectivity index is 1.99. The monoisotopic (exact) mass is 231 g/mol. The van der Waals surface area contributed by atoms with Gasteiger partial charge in [0.15, 0.2) is 0 Å². The van der Waals surface area contributed by atoms with Gasteiger partial charge in [-0.15, -0.1) is 0 Å². The Bertz CT molecular complexity index is 379. The Kier molecular flexibility index (Phi) is 2.23. The topological polar surface area (TPSA) is 4.36 Å².